The second kappa shape index (κ2) is 9.87. The molecule has 10 heteroatoms. The first-order valence-electron chi connectivity index (χ1n) is 12.0. The van der Waals surface area contributed by atoms with Crippen LogP contribution in [0.5, 0.6) is 0 Å². The molecule has 0 bridgehead atoms. The summed E-state index contributed by atoms with van der Waals surface area (Å²) in [4.78, 5) is 4.95. The predicted molar refractivity (Wildman–Crippen MR) is 136 cm³/mol. The fraction of sp³-hybridized carbons (Fsp3) is 0.440. The molecule has 2 fully saturated rings. The summed E-state index contributed by atoms with van der Waals surface area (Å²) in [5.74, 6) is -0.787. The zero-order valence-corrected chi connectivity index (χ0v) is 21.3. The molecule has 2 heterocycles. The highest BCUT2D eigenvalue weighted by Gasteiger charge is 2.31. The zero-order valence-electron chi connectivity index (χ0n) is 19.7. The maximum absolute atomic E-state index is 14.8. The summed E-state index contributed by atoms with van der Waals surface area (Å²) in [6, 6.07) is 11.5. The molecule has 2 aliphatic rings. The van der Waals surface area contributed by atoms with Crippen molar-refractivity contribution >= 4 is 27.1 Å². The Morgan fingerprint density at radius 1 is 1.11 bits per heavy atom. The van der Waals surface area contributed by atoms with Crippen LogP contribution in [0.4, 0.5) is 10.1 Å². The van der Waals surface area contributed by atoms with E-state index in [9.17, 15) is 12.8 Å². The first kappa shape index (κ1) is 24.2. The van der Waals surface area contributed by atoms with E-state index < -0.39 is 15.7 Å². The number of anilines is 1. The van der Waals surface area contributed by atoms with Gasteiger partial charge < -0.3 is 4.90 Å². The van der Waals surface area contributed by atoms with E-state index in [1.165, 1.54) is 29.7 Å². The van der Waals surface area contributed by atoms with Crippen LogP contribution >= 0.6 is 11.6 Å². The van der Waals surface area contributed by atoms with Crippen molar-refractivity contribution in [3.8, 4) is 16.9 Å². The van der Waals surface area contributed by atoms with Crippen molar-refractivity contribution in [3.63, 3.8) is 0 Å². The summed E-state index contributed by atoms with van der Waals surface area (Å²) in [6.45, 7) is 5.93. The Morgan fingerprint density at radius 2 is 1.89 bits per heavy atom. The summed E-state index contributed by atoms with van der Waals surface area (Å²) in [5, 5.41) is 8.39. The fourth-order valence-electron chi connectivity index (χ4n) is 4.68. The molecule has 0 spiro atoms. The van der Waals surface area contributed by atoms with Crippen molar-refractivity contribution in [1.82, 2.24) is 19.9 Å². The molecule has 1 aliphatic heterocycles. The molecule has 7 nitrogen and oxygen atoms in total. The molecule has 0 atom stereocenters. The van der Waals surface area contributed by atoms with Crippen LogP contribution in [0.15, 0.2) is 42.6 Å². The van der Waals surface area contributed by atoms with Gasteiger partial charge in [0.2, 0.25) is 0 Å². The smallest absolute Gasteiger partial charge is 0.154 e. The third-order valence-corrected chi connectivity index (χ3v) is 8.85. The minimum absolute atomic E-state index is 0.00182. The van der Waals surface area contributed by atoms with Gasteiger partial charge in [0.25, 0.3) is 0 Å². The van der Waals surface area contributed by atoms with Gasteiger partial charge in [0.15, 0.2) is 9.84 Å². The zero-order chi connectivity index (χ0) is 24.6. The maximum atomic E-state index is 14.8. The summed E-state index contributed by atoms with van der Waals surface area (Å²) in [7, 11) is -3.34. The minimum atomic E-state index is -3.34. The SMILES string of the molecule is CCCS(=O)(=O)Cc1ccc(F)c(-n2cc(-c3cccc(N4CCN(C5CC5)CC4)c3)nn2)c1Cl. The van der Waals surface area contributed by atoms with Gasteiger partial charge in [0.1, 0.15) is 17.2 Å². The van der Waals surface area contributed by atoms with Gasteiger partial charge in [0, 0.05) is 43.5 Å². The van der Waals surface area contributed by atoms with Gasteiger partial charge in [-0.15, -0.1) is 5.10 Å². The van der Waals surface area contributed by atoms with Crippen LogP contribution in [0.25, 0.3) is 16.9 Å². The Labute approximate surface area is 210 Å². The van der Waals surface area contributed by atoms with Gasteiger partial charge in [-0.3, -0.25) is 4.90 Å². The van der Waals surface area contributed by atoms with E-state index in [1.807, 2.05) is 12.1 Å². The van der Waals surface area contributed by atoms with Crippen molar-refractivity contribution in [2.75, 3.05) is 36.8 Å². The highest BCUT2D eigenvalue weighted by Crippen LogP contribution is 2.32. The molecule has 3 aromatic rings. The molecule has 0 radical (unpaired) electrons. The van der Waals surface area contributed by atoms with Crippen LogP contribution in [-0.2, 0) is 15.6 Å². The lowest BCUT2D eigenvalue weighted by Crippen LogP contribution is -2.47. The third kappa shape index (κ3) is 5.37. The fourth-order valence-corrected chi connectivity index (χ4v) is 6.54. The van der Waals surface area contributed by atoms with Crippen LogP contribution in [0, 0.1) is 5.82 Å². The van der Waals surface area contributed by atoms with Gasteiger partial charge in [-0.05, 0) is 43.0 Å². The van der Waals surface area contributed by atoms with Crippen LogP contribution < -0.4 is 4.90 Å². The van der Waals surface area contributed by atoms with Crippen molar-refractivity contribution in [2.45, 2.75) is 38.0 Å². The number of benzene rings is 2. The molecule has 0 unspecified atom stereocenters. The predicted octanol–water partition coefficient (Wildman–Crippen LogP) is 4.34. The van der Waals surface area contributed by atoms with E-state index in [1.54, 1.807) is 13.1 Å². The van der Waals surface area contributed by atoms with E-state index in [2.05, 4.69) is 32.2 Å². The topological polar surface area (TPSA) is 71.3 Å². The van der Waals surface area contributed by atoms with Gasteiger partial charge in [-0.25, -0.2) is 17.5 Å². The Morgan fingerprint density at radius 3 is 2.60 bits per heavy atom. The number of rotatable bonds is 8. The number of hydrogen-bond acceptors (Lipinski definition) is 6. The summed E-state index contributed by atoms with van der Waals surface area (Å²) in [6.07, 6.45) is 4.79. The first-order valence-corrected chi connectivity index (χ1v) is 14.2. The molecule has 2 aromatic carbocycles. The second-order valence-electron chi connectivity index (χ2n) is 9.31. The molecule has 186 valence electrons. The van der Waals surface area contributed by atoms with E-state index >= 15 is 0 Å². The molecule has 0 amide bonds. The lowest BCUT2D eigenvalue weighted by molar-refractivity contribution is 0.248. The normalized spacial score (nSPS) is 17.2. The van der Waals surface area contributed by atoms with Crippen LogP contribution in [0.1, 0.15) is 31.7 Å². The standard InChI is InChI=1S/C25H29ClFN5O2S/c1-2-14-35(33,34)17-19-6-9-22(27)25(24(19)26)32-16-23(28-29-32)18-4-3-5-21(15-18)31-12-10-30(11-13-31)20-7-8-20/h3-6,9,15-16,20H,2,7-8,10-14,17H2,1H3. The molecule has 1 aliphatic carbocycles. The number of aromatic nitrogens is 3. The Bertz CT molecular complexity index is 1320. The van der Waals surface area contributed by atoms with Gasteiger partial charge >= 0.3 is 0 Å². The van der Waals surface area contributed by atoms with E-state index in [0.29, 0.717) is 17.7 Å². The monoisotopic (exact) mass is 517 g/mol. The van der Waals surface area contributed by atoms with Crippen LogP contribution in [0.3, 0.4) is 0 Å². The molecule has 1 saturated carbocycles. The number of halogens is 2. The number of sulfone groups is 1. The quantitative estimate of drug-likeness (QED) is 0.443. The van der Waals surface area contributed by atoms with Crippen molar-refractivity contribution in [1.29, 1.82) is 0 Å². The van der Waals surface area contributed by atoms with E-state index in [0.717, 1.165) is 43.5 Å². The summed E-state index contributed by atoms with van der Waals surface area (Å²) in [5.41, 5.74) is 2.93. The highest BCUT2D eigenvalue weighted by atomic mass is 35.5. The number of piperazine rings is 1. The Hall–Kier alpha value is -2.49. The lowest BCUT2D eigenvalue weighted by atomic mass is 10.1. The first-order chi connectivity index (χ1) is 16.8. The molecule has 0 N–H and O–H groups in total. The second-order valence-corrected chi connectivity index (χ2v) is 11.9. The average molecular weight is 518 g/mol. The highest BCUT2D eigenvalue weighted by molar-refractivity contribution is 7.90. The molecule has 5 rings (SSSR count). The molecule has 1 aromatic heterocycles. The van der Waals surface area contributed by atoms with Gasteiger partial charge in [-0.1, -0.05) is 41.9 Å². The van der Waals surface area contributed by atoms with E-state index in [-0.39, 0.29) is 22.2 Å². The van der Waals surface area contributed by atoms with Crippen LogP contribution in [-0.4, -0.2) is 66.3 Å². The molecular weight excluding hydrogens is 489 g/mol. The summed E-state index contributed by atoms with van der Waals surface area (Å²) >= 11 is 6.47. The molecule has 35 heavy (non-hydrogen) atoms. The van der Waals surface area contributed by atoms with Crippen molar-refractivity contribution in [3.05, 3.63) is 59.0 Å². The number of hydrogen-bond donors (Lipinski definition) is 0. The Kier molecular flexibility index (Phi) is 6.83. The molecular formula is C25H29ClFN5O2S. The lowest BCUT2D eigenvalue weighted by Gasteiger charge is -2.36. The van der Waals surface area contributed by atoms with Crippen molar-refractivity contribution < 1.29 is 12.8 Å². The largest absolute Gasteiger partial charge is 0.369 e. The maximum Gasteiger partial charge on any atom is 0.154 e. The minimum Gasteiger partial charge on any atom is -0.369 e. The van der Waals surface area contributed by atoms with Gasteiger partial charge in [0.05, 0.1) is 22.7 Å². The third-order valence-electron chi connectivity index (χ3n) is 6.64. The van der Waals surface area contributed by atoms with Crippen LogP contribution in [0.2, 0.25) is 5.02 Å². The number of nitrogens with zero attached hydrogens (tertiary/aromatic N) is 5. The van der Waals surface area contributed by atoms with E-state index in [4.69, 9.17) is 11.6 Å². The summed E-state index contributed by atoms with van der Waals surface area (Å²) < 4.78 is 40.7. The van der Waals surface area contributed by atoms with Gasteiger partial charge in [-0.2, -0.15) is 0 Å². The average Bonchev–Trinajstić information content (AvgIpc) is 3.59. The molecule has 1 saturated heterocycles. The van der Waals surface area contributed by atoms with Crippen molar-refractivity contribution in [2.24, 2.45) is 0 Å². The Balaban J connectivity index is 1.38.